The molecular formula is C20H19NO7. The molecule has 1 N–H and O–H groups in total. The summed E-state index contributed by atoms with van der Waals surface area (Å²) in [5.41, 5.74) is 1.33. The number of carbonyl (C=O) groups excluding carboxylic acids is 3. The molecular weight excluding hydrogens is 366 g/mol. The van der Waals surface area contributed by atoms with Gasteiger partial charge in [-0.25, -0.2) is 4.79 Å². The second-order valence-electron chi connectivity index (χ2n) is 6.01. The quantitative estimate of drug-likeness (QED) is 0.547. The molecule has 2 aromatic carbocycles. The summed E-state index contributed by atoms with van der Waals surface area (Å²) >= 11 is 0. The number of aldehydes is 1. The molecule has 0 bridgehead atoms. The van der Waals surface area contributed by atoms with Gasteiger partial charge in [-0.05, 0) is 48.9 Å². The molecule has 146 valence electrons. The summed E-state index contributed by atoms with van der Waals surface area (Å²) in [6, 6.07) is 11.6. The van der Waals surface area contributed by atoms with Crippen LogP contribution in [0.25, 0.3) is 0 Å². The van der Waals surface area contributed by atoms with Crippen molar-refractivity contribution < 1.29 is 33.3 Å². The van der Waals surface area contributed by atoms with Gasteiger partial charge >= 0.3 is 5.97 Å². The molecule has 1 atom stereocenters. The molecule has 0 spiro atoms. The molecule has 2 aromatic rings. The Hall–Kier alpha value is -3.55. The van der Waals surface area contributed by atoms with E-state index >= 15 is 0 Å². The minimum Gasteiger partial charge on any atom is -0.482 e. The topological polar surface area (TPSA) is 100 Å². The number of carbonyl (C=O) groups is 3. The van der Waals surface area contributed by atoms with E-state index in [4.69, 9.17) is 18.9 Å². The van der Waals surface area contributed by atoms with Gasteiger partial charge in [0.05, 0.1) is 0 Å². The monoisotopic (exact) mass is 385 g/mol. The first-order chi connectivity index (χ1) is 13.5. The summed E-state index contributed by atoms with van der Waals surface area (Å²) in [6.45, 7) is 1.57. The van der Waals surface area contributed by atoms with Gasteiger partial charge in [0.15, 0.2) is 24.2 Å². The number of benzene rings is 2. The number of amides is 1. The van der Waals surface area contributed by atoms with Crippen molar-refractivity contribution in [3.63, 3.8) is 0 Å². The van der Waals surface area contributed by atoms with E-state index in [9.17, 15) is 14.4 Å². The molecule has 0 saturated carbocycles. The number of esters is 1. The number of ether oxygens (including phenoxy) is 4. The third-order valence-corrected chi connectivity index (χ3v) is 3.95. The van der Waals surface area contributed by atoms with Gasteiger partial charge in [0.2, 0.25) is 6.79 Å². The standard InChI is InChI=1S/C20H19NO7/c1-13(28-19(23)11-25-16-5-2-14(10-22)3-6-16)20(24)21-9-15-4-7-17-18(8-15)27-12-26-17/h2-8,10,13H,9,11-12H2,1H3,(H,21,24)/t13-/m0/s1. The summed E-state index contributed by atoms with van der Waals surface area (Å²) < 4.78 is 20.9. The van der Waals surface area contributed by atoms with Crippen molar-refractivity contribution in [2.45, 2.75) is 19.6 Å². The molecule has 3 rings (SSSR count). The minimum absolute atomic E-state index is 0.182. The van der Waals surface area contributed by atoms with Crippen LogP contribution in [0.1, 0.15) is 22.8 Å². The number of rotatable bonds is 8. The zero-order valence-electron chi connectivity index (χ0n) is 15.2. The summed E-state index contributed by atoms with van der Waals surface area (Å²) in [5.74, 6) is 0.608. The molecule has 1 amide bonds. The highest BCUT2D eigenvalue weighted by atomic mass is 16.7. The van der Waals surface area contributed by atoms with Crippen LogP contribution in [0.5, 0.6) is 17.2 Å². The molecule has 0 radical (unpaired) electrons. The summed E-state index contributed by atoms with van der Waals surface area (Å²) in [7, 11) is 0. The second-order valence-corrected chi connectivity index (χ2v) is 6.01. The highest BCUT2D eigenvalue weighted by molar-refractivity contribution is 5.83. The van der Waals surface area contributed by atoms with Crippen molar-refractivity contribution in [1.29, 1.82) is 0 Å². The van der Waals surface area contributed by atoms with Crippen molar-refractivity contribution in [2.75, 3.05) is 13.4 Å². The van der Waals surface area contributed by atoms with Gasteiger partial charge in [0.25, 0.3) is 5.91 Å². The fourth-order valence-corrected chi connectivity index (χ4v) is 2.45. The van der Waals surface area contributed by atoms with Crippen LogP contribution in [0.2, 0.25) is 0 Å². The number of hydrogen-bond acceptors (Lipinski definition) is 7. The van der Waals surface area contributed by atoms with Gasteiger partial charge in [-0.2, -0.15) is 0 Å². The fourth-order valence-electron chi connectivity index (χ4n) is 2.45. The van der Waals surface area contributed by atoms with E-state index in [-0.39, 0.29) is 19.9 Å². The summed E-state index contributed by atoms with van der Waals surface area (Å²) in [6.07, 6.45) is -0.260. The van der Waals surface area contributed by atoms with Crippen molar-refractivity contribution >= 4 is 18.2 Å². The lowest BCUT2D eigenvalue weighted by Crippen LogP contribution is -2.36. The molecule has 28 heavy (non-hydrogen) atoms. The van der Waals surface area contributed by atoms with Crippen molar-refractivity contribution in [3.8, 4) is 17.2 Å². The molecule has 0 aliphatic carbocycles. The zero-order chi connectivity index (χ0) is 19.9. The van der Waals surface area contributed by atoms with E-state index in [1.165, 1.54) is 6.92 Å². The lowest BCUT2D eigenvalue weighted by Gasteiger charge is -2.14. The molecule has 1 aliphatic heterocycles. The molecule has 0 aromatic heterocycles. The molecule has 1 aliphatic rings. The lowest BCUT2D eigenvalue weighted by atomic mass is 10.2. The van der Waals surface area contributed by atoms with Crippen LogP contribution >= 0.6 is 0 Å². The predicted octanol–water partition coefficient (Wildman–Crippen LogP) is 1.85. The first-order valence-corrected chi connectivity index (χ1v) is 8.59. The summed E-state index contributed by atoms with van der Waals surface area (Å²) in [5, 5.41) is 2.70. The van der Waals surface area contributed by atoms with Crippen LogP contribution in [-0.4, -0.2) is 37.7 Å². The Labute approximate surface area is 161 Å². The molecule has 8 nitrogen and oxygen atoms in total. The molecule has 8 heteroatoms. The van der Waals surface area contributed by atoms with Crippen LogP contribution in [-0.2, 0) is 20.9 Å². The number of hydrogen-bond donors (Lipinski definition) is 1. The van der Waals surface area contributed by atoms with Gasteiger partial charge in [0.1, 0.15) is 12.0 Å². The minimum atomic E-state index is -0.970. The van der Waals surface area contributed by atoms with E-state index in [1.807, 2.05) is 6.07 Å². The Bertz CT molecular complexity index is 863. The predicted molar refractivity (Wildman–Crippen MR) is 97.3 cm³/mol. The normalized spacial score (nSPS) is 12.8. The maximum absolute atomic E-state index is 12.1. The largest absolute Gasteiger partial charge is 0.482 e. The fraction of sp³-hybridized carbons (Fsp3) is 0.250. The first-order valence-electron chi connectivity index (χ1n) is 8.59. The average molecular weight is 385 g/mol. The van der Waals surface area contributed by atoms with Crippen LogP contribution < -0.4 is 19.5 Å². The number of fused-ring (bicyclic) bond motifs is 1. The molecule has 1 heterocycles. The van der Waals surface area contributed by atoms with Crippen molar-refractivity contribution in [3.05, 3.63) is 53.6 Å². The van der Waals surface area contributed by atoms with Gasteiger partial charge in [0, 0.05) is 12.1 Å². The van der Waals surface area contributed by atoms with Crippen molar-refractivity contribution in [1.82, 2.24) is 5.32 Å². The first kappa shape index (κ1) is 19.2. The highest BCUT2D eigenvalue weighted by Gasteiger charge is 2.19. The Morgan fingerprint density at radius 3 is 2.64 bits per heavy atom. The van der Waals surface area contributed by atoms with E-state index in [0.717, 1.165) is 5.56 Å². The van der Waals surface area contributed by atoms with E-state index in [2.05, 4.69) is 5.32 Å². The van der Waals surface area contributed by atoms with E-state index < -0.39 is 18.0 Å². The Balaban J connectivity index is 1.41. The van der Waals surface area contributed by atoms with Gasteiger partial charge in [-0.15, -0.1) is 0 Å². The Morgan fingerprint density at radius 2 is 1.89 bits per heavy atom. The van der Waals surface area contributed by atoms with Crippen LogP contribution in [0.3, 0.4) is 0 Å². The maximum Gasteiger partial charge on any atom is 0.344 e. The van der Waals surface area contributed by atoms with Crippen LogP contribution in [0, 0.1) is 0 Å². The molecule has 0 saturated heterocycles. The Morgan fingerprint density at radius 1 is 1.14 bits per heavy atom. The lowest BCUT2D eigenvalue weighted by molar-refractivity contribution is -0.156. The third kappa shape index (κ3) is 5.00. The Kier molecular flexibility index (Phi) is 6.11. The second kappa shape index (κ2) is 8.90. The zero-order valence-corrected chi connectivity index (χ0v) is 15.2. The van der Waals surface area contributed by atoms with Crippen LogP contribution in [0.15, 0.2) is 42.5 Å². The summed E-state index contributed by atoms with van der Waals surface area (Å²) in [4.78, 5) is 34.6. The molecule has 0 fully saturated rings. The van der Waals surface area contributed by atoms with Gasteiger partial charge in [-0.1, -0.05) is 6.07 Å². The number of nitrogens with one attached hydrogen (secondary N) is 1. The van der Waals surface area contributed by atoms with Gasteiger partial charge in [-0.3, -0.25) is 9.59 Å². The van der Waals surface area contributed by atoms with E-state index in [0.29, 0.717) is 29.1 Å². The third-order valence-electron chi connectivity index (χ3n) is 3.95. The highest BCUT2D eigenvalue weighted by Crippen LogP contribution is 2.32. The van der Waals surface area contributed by atoms with E-state index in [1.54, 1.807) is 36.4 Å². The molecule has 0 unspecified atom stereocenters. The van der Waals surface area contributed by atoms with Crippen molar-refractivity contribution in [2.24, 2.45) is 0 Å². The van der Waals surface area contributed by atoms with Crippen LogP contribution in [0.4, 0.5) is 0 Å². The average Bonchev–Trinajstić information content (AvgIpc) is 3.18. The smallest absolute Gasteiger partial charge is 0.344 e. The maximum atomic E-state index is 12.1. The SMILES string of the molecule is C[C@H](OC(=O)COc1ccc(C=O)cc1)C(=O)NCc1ccc2c(c1)OCO2. The van der Waals surface area contributed by atoms with Gasteiger partial charge < -0.3 is 24.3 Å².